The number of thiophene rings is 1. The Morgan fingerprint density at radius 1 is 1.23 bits per heavy atom. The number of pyridine rings is 1. The summed E-state index contributed by atoms with van der Waals surface area (Å²) < 4.78 is 10.7. The fourth-order valence-corrected chi connectivity index (χ4v) is 4.63. The standard InChI is InChI=1S/C24H20N2O3S/c1-15-12-17(26-29-15)14-28-24(27)22-19-8-2-3-10-21(19)25-23-16(6-4-9-20(22)23)13-18-7-5-11-30-18/h2-3,5,7-8,10-13H,4,6,9,14H2,1H3/b16-13+. The number of aromatic nitrogens is 2. The van der Waals surface area contributed by atoms with Crippen LogP contribution in [0.5, 0.6) is 0 Å². The monoisotopic (exact) mass is 416 g/mol. The van der Waals surface area contributed by atoms with Crippen LogP contribution in [0.4, 0.5) is 0 Å². The largest absolute Gasteiger partial charge is 0.455 e. The number of carbonyl (C=O) groups excluding carboxylic acids is 1. The molecule has 6 heteroatoms. The third-order valence-electron chi connectivity index (χ3n) is 5.26. The van der Waals surface area contributed by atoms with Crippen LogP contribution >= 0.6 is 11.3 Å². The first-order valence-corrected chi connectivity index (χ1v) is 10.8. The van der Waals surface area contributed by atoms with Crippen molar-refractivity contribution in [1.82, 2.24) is 10.1 Å². The van der Waals surface area contributed by atoms with E-state index in [1.54, 1.807) is 17.4 Å². The number of ether oxygens (including phenoxy) is 1. The lowest BCUT2D eigenvalue weighted by Gasteiger charge is -2.22. The van der Waals surface area contributed by atoms with Gasteiger partial charge in [0.05, 0.1) is 16.8 Å². The minimum absolute atomic E-state index is 0.0828. The van der Waals surface area contributed by atoms with Gasteiger partial charge in [0.15, 0.2) is 0 Å². The van der Waals surface area contributed by atoms with Gasteiger partial charge in [0, 0.05) is 16.3 Å². The summed E-state index contributed by atoms with van der Waals surface area (Å²) >= 11 is 1.70. The lowest BCUT2D eigenvalue weighted by Crippen LogP contribution is -2.15. The Balaban J connectivity index is 1.59. The second-order valence-electron chi connectivity index (χ2n) is 7.37. The number of hydrogen-bond acceptors (Lipinski definition) is 6. The van der Waals surface area contributed by atoms with E-state index in [4.69, 9.17) is 14.2 Å². The zero-order valence-electron chi connectivity index (χ0n) is 16.6. The number of nitrogens with zero attached hydrogens (tertiary/aromatic N) is 2. The molecule has 0 saturated carbocycles. The number of para-hydroxylation sites is 1. The van der Waals surface area contributed by atoms with Crippen LogP contribution in [0.25, 0.3) is 22.6 Å². The molecule has 0 unspecified atom stereocenters. The highest BCUT2D eigenvalue weighted by atomic mass is 32.1. The second-order valence-corrected chi connectivity index (χ2v) is 8.35. The van der Waals surface area contributed by atoms with E-state index in [0.717, 1.165) is 41.4 Å². The molecule has 150 valence electrons. The molecule has 0 spiro atoms. The number of hydrogen-bond donors (Lipinski definition) is 0. The minimum Gasteiger partial charge on any atom is -0.455 e. The first kappa shape index (κ1) is 18.8. The summed E-state index contributed by atoms with van der Waals surface area (Å²) in [6.07, 6.45) is 4.93. The van der Waals surface area contributed by atoms with Gasteiger partial charge in [-0.15, -0.1) is 11.3 Å². The number of allylic oxidation sites excluding steroid dienone is 1. The smallest absolute Gasteiger partial charge is 0.339 e. The Morgan fingerprint density at radius 2 is 2.13 bits per heavy atom. The molecular formula is C24H20N2O3S. The molecule has 3 heterocycles. The number of rotatable bonds is 4. The molecule has 1 aliphatic rings. The van der Waals surface area contributed by atoms with E-state index in [-0.39, 0.29) is 12.6 Å². The maximum Gasteiger partial charge on any atom is 0.339 e. The van der Waals surface area contributed by atoms with Gasteiger partial charge in [-0.1, -0.05) is 29.4 Å². The maximum absolute atomic E-state index is 13.2. The Kier molecular flexibility index (Phi) is 4.93. The van der Waals surface area contributed by atoms with Crippen molar-refractivity contribution in [2.75, 3.05) is 0 Å². The van der Waals surface area contributed by atoms with Crippen molar-refractivity contribution in [3.63, 3.8) is 0 Å². The Morgan fingerprint density at radius 3 is 2.93 bits per heavy atom. The van der Waals surface area contributed by atoms with Gasteiger partial charge < -0.3 is 9.26 Å². The van der Waals surface area contributed by atoms with E-state index in [9.17, 15) is 4.79 Å². The molecule has 0 saturated heterocycles. The Bertz CT molecular complexity index is 1250. The fourth-order valence-electron chi connectivity index (χ4n) is 3.95. The van der Waals surface area contributed by atoms with Crippen LogP contribution in [0.1, 0.15) is 50.8 Å². The van der Waals surface area contributed by atoms with Crippen molar-refractivity contribution in [2.45, 2.75) is 32.8 Å². The maximum atomic E-state index is 13.2. The molecule has 0 atom stereocenters. The summed E-state index contributed by atoms with van der Waals surface area (Å²) in [6, 6.07) is 13.7. The molecule has 0 radical (unpaired) electrons. The van der Waals surface area contributed by atoms with Crippen molar-refractivity contribution in [3.05, 3.63) is 81.0 Å². The quantitative estimate of drug-likeness (QED) is 0.392. The first-order chi connectivity index (χ1) is 14.7. The summed E-state index contributed by atoms with van der Waals surface area (Å²) in [5, 5.41) is 6.81. The van der Waals surface area contributed by atoms with E-state index in [1.807, 2.05) is 37.3 Å². The van der Waals surface area contributed by atoms with Crippen LogP contribution in [0.15, 0.2) is 52.4 Å². The van der Waals surface area contributed by atoms with Crippen molar-refractivity contribution >= 4 is 39.9 Å². The molecule has 0 amide bonds. The zero-order chi connectivity index (χ0) is 20.5. The third kappa shape index (κ3) is 3.55. The van der Waals surface area contributed by atoms with Crippen molar-refractivity contribution in [1.29, 1.82) is 0 Å². The molecule has 0 aliphatic heterocycles. The molecule has 5 rings (SSSR count). The molecule has 1 aromatic carbocycles. The van der Waals surface area contributed by atoms with E-state index >= 15 is 0 Å². The Labute approximate surface area is 178 Å². The molecule has 1 aliphatic carbocycles. The lowest BCUT2D eigenvalue weighted by molar-refractivity contribution is 0.0465. The van der Waals surface area contributed by atoms with Gasteiger partial charge in [0.2, 0.25) is 0 Å². The van der Waals surface area contributed by atoms with E-state index in [0.29, 0.717) is 17.0 Å². The van der Waals surface area contributed by atoms with Gasteiger partial charge in [0.1, 0.15) is 18.1 Å². The first-order valence-electron chi connectivity index (χ1n) is 9.94. The lowest BCUT2D eigenvalue weighted by atomic mass is 9.86. The topological polar surface area (TPSA) is 65.2 Å². The number of benzene rings is 1. The van der Waals surface area contributed by atoms with Gasteiger partial charge in [-0.05, 0) is 60.9 Å². The number of esters is 1. The zero-order valence-corrected chi connectivity index (χ0v) is 17.4. The van der Waals surface area contributed by atoms with E-state index in [1.165, 1.54) is 10.5 Å². The molecule has 5 nitrogen and oxygen atoms in total. The van der Waals surface area contributed by atoms with E-state index in [2.05, 4.69) is 22.7 Å². The number of carbonyl (C=O) groups is 1. The van der Waals surface area contributed by atoms with Gasteiger partial charge in [-0.3, -0.25) is 0 Å². The van der Waals surface area contributed by atoms with E-state index < -0.39 is 0 Å². The fraction of sp³-hybridized carbons (Fsp3) is 0.208. The van der Waals surface area contributed by atoms with Crippen molar-refractivity contribution in [2.24, 2.45) is 0 Å². The van der Waals surface area contributed by atoms with Gasteiger partial charge >= 0.3 is 5.97 Å². The van der Waals surface area contributed by atoms with Crippen LogP contribution in [0.3, 0.4) is 0 Å². The minimum atomic E-state index is -0.345. The second kappa shape index (κ2) is 7.88. The number of aryl methyl sites for hydroxylation is 1. The molecule has 0 fully saturated rings. The van der Waals surface area contributed by atoms with Gasteiger partial charge in [-0.25, -0.2) is 9.78 Å². The number of fused-ring (bicyclic) bond motifs is 2. The average molecular weight is 417 g/mol. The van der Waals surface area contributed by atoms with Gasteiger partial charge in [-0.2, -0.15) is 0 Å². The van der Waals surface area contributed by atoms with Crippen LogP contribution in [0, 0.1) is 6.92 Å². The van der Waals surface area contributed by atoms with Gasteiger partial charge in [0.25, 0.3) is 0 Å². The SMILES string of the molecule is Cc1cc(COC(=O)c2c3c(nc4ccccc24)/C(=C/c2cccs2)CCC3)no1. The molecular weight excluding hydrogens is 396 g/mol. The van der Waals surface area contributed by atoms with Crippen molar-refractivity contribution in [3.8, 4) is 0 Å². The third-order valence-corrected chi connectivity index (χ3v) is 6.08. The van der Waals surface area contributed by atoms with Crippen molar-refractivity contribution < 1.29 is 14.1 Å². The van der Waals surface area contributed by atoms with Crippen LogP contribution in [-0.2, 0) is 17.8 Å². The molecule has 4 aromatic rings. The summed E-state index contributed by atoms with van der Waals surface area (Å²) in [5.41, 5.74) is 5.09. The molecule has 30 heavy (non-hydrogen) atoms. The summed E-state index contributed by atoms with van der Waals surface area (Å²) in [7, 11) is 0. The van der Waals surface area contributed by atoms with Crippen LogP contribution in [-0.4, -0.2) is 16.1 Å². The predicted molar refractivity (Wildman–Crippen MR) is 117 cm³/mol. The highest BCUT2D eigenvalue weighted by molar-refractivity contribution is 7.10. The molecule has 0 N–H and O–H groups in total. The summed E-state index contributed by atoms with van der Waals surface area (Å²) in [5.74, 6) is 0.346. The summed E-state index contributed by atoms with van der Waals surface area (Å²) in [4.78, 5) is 19.3. The molecule has 0 bridgehead atoms. The highest BCUT2D eigenvalue weighted by Crippen LogP contribution is 2.36. The summed E-state index contributed by atoms with van der Waals surface area (Å²) in [6.45, 7) is 1.89. The normalized spacial score (nSPS) is 14.8. The predicted octanol–water partition coefficient (Wildman–Crippen LogP) is 5.83. The van der Waals surface area contributed by atoms with Crippen LogP contribution < -0.4 is 0 Å². The molecule has 3 aromatic heterocycles. The van der Waals surface area contributed by atoms with Crippen LogP contribution in [0.2, 0.25) is 0 Å². The Hall–Kier alpha value is -3.25. The average Bonchev–Trinajstić information content (AvgIpc) is 3.42. The highest BCUT2D eigenvalue weighted by Gasteiger charge is 2.26.